The van der Waals surface area contributed by atoms with Gasteiger partial charge in [-0.1, -0.05) is 29.3 Å². The fourth-order valence-electron chi connectivity index (χ4n) is 4.28. The minimum absolute atomic E-state index is 0.229. The normalized spacial score (nSPS) is 13.3. The fourth-order valence-corrected chi connectivity index (χ4v) is 5.31. The Kier molecular flexibility index (Phi) is 9.93. The van der Waals surface area contributed by atoms with Crippen LogP contribution in [0.2, 0.25) is 10.0 Å². The van der Waals surface area contributed by atoms with Gasteiger partial charge in [-0.3, -0.25) is 0 Å². The standard InChI is InChI=1S/C29H27BrCl2FN7O2/c1-41-25-14-18(13-23(30)26(25)42-17-19-5-6-20(31)15-24(19)32)16-34-39-28-36-27(35-22-9-7-21(33)8-10-22)37-29(38-28)40-11-3-2-4-12-40/h5-10,13-16H,2-4,11-12,17H2,1H3,(H2,35,36,37,38,39)/b34-16-. The Morgan fingerprint density at radius 1 is 1.00 bits per heavy atom. The lowest BCUT2D eigenvalue weighted by molar-refractivity contribution is 0.282. The van der Waals surface area contributed by atoms with Gasteiger partial charge < -0.3 is 19.7 Å². The van der Waals surface area contributed by atoms with Gasteiger partial charge >= 0.3 is 0 Å². The summed E-state index contributed by atoms with van der Waals surface area (Å²) in [6, 6.07) is 14.9. The van der Waals surface area contributed by atoms with Gasteiger partial charge in [0.15, 0.2) is 11.5 Å². The molecule has 1 saturated heterocycles. The summed E-state index contributed by atoms with van der Waals surface area (Å²) in [6.07, 6.45) is 4.92. The number of methoxy groups -OCH3 is 1. The van der Waals surface area contributed by atoms with Crippen LogP contribution in [0.25, 0.3) is 0 Å². The summed E-state index contributed by atoms with van der Waals surface area (Å²) in [6.45, 7) is 1.94. The van der Waals surface area contributed by atoms with Crippen LogP contribution in [-0.4, -0.2) is 41.4 Å². The maximum Gasteiger partial charge on any atom is 0.250 e. The molecule has 1 aromatic heterocycles. The topological polar surface area (TPSA) is 96.8 Å². The molecule has 3 aromatic carbocycles. The zero-order valence-corrected chi connectivity index (χ0v) is 25.7. The van der Waals surface area contributed by atoms with Crippen molar-refractivity contribution in [2.24, 2.45) is 5.10 Å². The van der Waals surface area contributed by atoms with Crippen LogP contribution in [0.4, 0.5) is 27.9 Å². The summed E-state index contributed by atoms with van der Waals surface area (Å²) in [7, 11) is 1.56. The summed E-state index contributed by atoms with van der Waals surface area (Å²) in [5.74, 6) is 1.83. The molecule has 13 heteroatoms. The molecule has 0 aliphatic carbocycles. The van der Waals surface area contributed by atoms with Gasteiger partial charge in [0.1, 0.15) is 12.4 Å². The van der Waals surface area contributed by atoms with E-state index in [1.807, 2.05) is 12.1 Å². The first kappa shape index (κ1) is 29.8. The summed E-state index contributed by atoms with van der Waals surface area (Å²) in [4.78, 5) is 15.7. The molecule has 1 aliphatic rings. The third kappa shape index (κ3) is 7.78. The van der Waals surface area contributed by atoms with E-state index < -0.39 is 0 Å². The molecule has 218 valence electrons. The van der Waals surface area contributed by atoms with Crippen LogP contribution in [0.3, 0.4) is 0 Å². The number of anilines is 4. The number of ether oxygens (including phenoxy) is 2. The molecule has 1 fully saturated rings. The molecule has 0 amide bonds. The van der Waals surface area contributed by atoms with Crippen LogP contribution < -0.4 is 25.1 Å². The number of piperidine rings is 1. The monoisotopic (exact) mass is 673 g/mol. The van der Waals surface area contributed by atoms with E-state index in [4.69, 9.17) is 32.7 Å². The van der Waals surface area contributed by atoms with E-state index in [9.17, 15) is 4.39 Å². The lowest BCUT2D eigenvalue weighted by Gasteiger charge is -2.26. The van der Waals surface area contributed by atoms with Crippen molar-refractivity contribution in [1.29, 1.82) is 0 Å². The van der Waals surface area contributed by atoms with Crippen LogP contribution in [0, 0.1) is 5.82 Å². The third-order valence-corrected chi connectivity index (χ3v) is 7.56. The number of halogens is 4. The fraction of sp³-hybridized carbons (Fsp3) is 0.241. The van der Waals surface area contributed by atoms with Gasteiger partial charge in [0.25, 0.3) is 0 Å². The highest BCUT2D eigenvalue weighted by atomic mass is 79.9. The van der Waals surface area contributed by atoms with E-state index in [1.54, 1.807) is 43.7 Å². The van der Waals surface area contributed by atoms with Crippen LogP contribution in [0.15, 0.2) is 64.2 Å². The lowest BCUT2D eigenvalue weighted by Crippen LogP contribution is -2.31. The summed E-state index contributed by atoms with van der Waals surface area (Å²) >= 11 is 15.8. The van der Waals surface area contributed by atoms with Crippen LogP contribution >= 0.6 is 39.1 Å². The predicted octanol–water partition coefficient (Wildman–Crippen LogP) is 7.85. The molecule has 5 rings (SSSR count). The highest BCUT2D eigenvalue weighted by Gasteiger charge is 2.17. The Bertz CT molecular complexity index is 1570. The second-order valence-electron chi connectivity index (χ2n) is 9.39. The minimum Gasteiger partial charge on any atom is -0.493 e. The first-order valence-corrected chi connectivity index (χ1v) is 14.7. The van der Waals surface area contributed by atoms with Gasteiger partial charge in [-0.2, -0.15) is 20.1 Å². The largest absolute Gasteiger partial charge is 0.493 e. The van der Waals surface area contributed by atoms with Crippen molar-refractivity contribution >= 4 is 68.9 Å². The molecule has 0 bridgehead atoms. The molecule has 42 heavy (non-hydrogen) atoms. The molecule has 0 spiro atoms. The quantitative estimate of drug-likeness (QED) is 0.130. The number of hydrogen-bond donors (Lipinski definition) is 2. The second-order valence-corrected chi connectivity index (χ2v) is 11.1. The van der Waals surface area contributed by atoms with E-state index in [0.717, 1.165) is 37.1 Å². The number of rotatable bonds is 10. The van der Waals surface area contributed by atoms with Crippen molar-refractivity contribution in [2.75, 3.05) is 35.8 Å². The molecular weight excluding hydrogens is 648 g/mol. The van der Waals surface area contributed by atoms with E-state index in [-0.39, 0.29) is 18.4 Å². The van der Waals surface area contributed by atoms with Gasteiger partial charge in [-0.25, -0.2) is 9.82 Å². The minimum atomic E-state index is -0.323. The average Bonchev–Trinajstić information content (AvgIpc) is 2.99. The highest BCUT2D eigenvalue weighted by molar-refractivity contribution is 9.10. The van der Waals surface area contributed by atoms with Crippen molar-refractivity contribution in [3.8, 4) is 11.5 Å². The SMILES string of the molecule is COc1cc(/C=N\Nc2nc(Nc3ccc(F)cc3)nc(N3CCCCC3)n2)cc(Br)c1OCc1ccc(Cl)cc1Cl. The number of benzene rings is 3. The molecule has 0 radical (unpaired) electrons. The Balaban J connectivity index is 1.32. The van der Waals surface area contributed by atoms with E-state index >= 15 is 0 Å². The van der Waals surface area contributed by atoms with Crippen LogP contribution in [0.1, 0.15) is 30.4 Å². The first-order valence-electron chi connectivity index (χ1n) is 13.1. The molecule has 0 atom stereocenters. The van der Waals surface area contributed by atoms with E-state index in [1.165, 1.54) is 18.6 Å². The zero-order valence-electron chi connectivity index (χ0n) is 22.6. The van der Waals surface area contributed by atoms with Gasteiger partial charge in [0, 0.05) is 34.4 Å². The molecular formula is C29H27BrCl2FN7O2. The molecule has 0 unspecified atom stereocenters. The maximum atomic E-state index is 13.4. The Hall–Kier alpha value is -3.67. The first-order chi connectivity index (χ1) is 20.4. The Morgan fingerprint density at radius 2 is 1.76 bits per heavy atom. The summed E-state index contributed by atoms with van der Waals surface area (Å²) in [5, 5.41) is 8.54. The average molecular weight is 675 g/mol. The van der Waals surface area contributed by atoms with Crippen molar-refractivity contribution in [3.05, 3.63) is 86.1 Å². The Morgan fingerprint density at radius 3 is 2.50 bits per heavy atom. The lowest BCUT2D eigenvalue weighted by atomic mass is 10.1. The number of nitrogens with one attached hydrogen (secondary N) is 2. The summed E-state index contributed by atoms with van der Waals surface area (Å²) < 4.78 is 25.6. The maximum absolute atomic E-state index is 13.4. The van der Waals surface area contributed by atoms with Crippen molar-refractivity contribution in [1.82, 2.24) is 15.0 Å². The smallest absolute Gasteiger partial charge is 0.250 e. The third-order valence-electron chi connectivity index (χ3n) is 6.38. The second kappa shape index (κ2) is 14.0. The number of hydrazone groups is 1. The van der Waals surface area contributed by atoms with Gasteiger partial charge in [-0.15, -0.1) is 0 Å². The number of nitrogens with zero attached hydrogens (tertiary/aromatic N) is 5. The van der Waals surface area contributed by atoms with E-state index in [0.29, 0.717) is 43.6 Å². The van der Waals surface area contributed by atoms with Gasteiger partial charge in [-0.05, 0) is 89.3 Å². The molecule has 0 saturated carbocycles. The number of aromatic nitrogens is 3. The molecule has 1 aliphatic heterocycles. The van der Waals surface area contributed by atoms with E-state index in [2.05, 4.69) is 51.6 Å². The van der Waals surface area contributed by atoms with Crippen molar-refractivity contribution < 1.29 is 13.9 Å². The van der Waals surface area contributed by atoms with Gasteiger partial charge in [0.05, 0.1) is 17.8 Å². The van der Waals surface area contributed by atoms with Crippen LogP contribution in [-0.2, 0) is 6.61 Å². The zero-order chi connectivity index (χ0) is 29.5. The summed E-state index contributed by atoms with van der Waals surface area (Å²) in [5.41, 5.74) is 5.08. The molecule has 2 heterocycles. The van der Waals surface area contributed by atoms with Crippen molar-refractivity contribution in [2.45, 2.75) is 25.9 Å². The highest BCUT2D eigenvalue weighted by Crippen LogP contribution is 2.37. The van der Waals surface area contributed by atoms with Gasteiger partial charge in [0.2, 0.25) is 17.8 Å². The van der Waals surface area contributed by atoms with Crippen molar-refractivity contribution in [3.63, 3.8) is 0 Å². The molecule has 9 nitrogen and oxygen atoms in total. The van der Waals surface area contributed by atoms with Crippen LogP contribution in [0.5, 0.6) is 11.5 Å². The Labute approximate surface area is 261 Å². The molecule has 2 N–H and O–H groups in total. The number of hydrogen-bond acceptors (Lipinski definition) is 9. The predicted molar refractivity (Wildman–Crippen MR) is 168 cm³/mol. The molecule has 4 aromatic rings.